The number of nitrogens with one attached hydrogen (secondary N) is 2. The summed E-state index contributed by atoms with van der Waals surface area (Å²) >= 11 is 0. The summed E-state index contributed by atoms with van der Waals surface area (Å²) in [4.78, 5) is 23.5. The summed E-state index contributed by atoms with van der Waals surface area (Å²) in [5, 5.41) is 5.46. The van der Waals surface area contributed by atoms with E-state index in [4.69, 9.17) is 0 Å². The van der Waals surface area contributed by atoms with Crippen LogP contribution in [0.3, 0.4) is 0 Å². The van der Waals surface area contributed by atoms with Crippen molar-refractivity contribution >= 4 is 27.5 Å². The third-order valence-electron chi connectivity index (χ3n) is 4.78. The lowest BCUT2D eigenvalue weighted by molar-refractivity contribution is -0.121. The van der Waals surface area contributed by atoms with E-state index in [0.717, 1.165) is 17.1 Å². The molecule has 0 saturated heterocycles. The summed E-state index contributed by atoms with van der Waals surface area (Å²) in [6.45, 7) is 5.34. The number of rotatable bonds is 9. The first-order chi connectivity index (χ1) is 13.3. The minimum atomic E-state index is -3.86. The van der Waals surface area contributed by atoms with Gasteiger partial charge in [0.2, 0.25) is 21.8 Å². The van der Waals surface area contributed by atoms with Crippen molar-refractivity contribution in [3.63, 3.8) is 0 Å². The lowest BCUT2D eigenvalue weighted by Crippen LogP contribution is -2.42. The van der Waals surface area contributed by atoms with Crippen LogP contribution in [0.25, 0.3) is 0 Å². The molecule has 0 aromatic heterocycles. The van der Waals surface area contributed by atoms with Crippen LogP contribution in [0.5, 0.6) is 0 Å². The molecule has 2 rings (SSSR count). The Kier molecular flexibility index (Phi) is 8.19. The van der Waals surface area contributed by atoms with Gasteiger partial charge in [-0.2, -0.15) is 4.31 Å². The van der Waals surface area contributed by atoms with Crippen LogP contribution in [-0.4, -0.2) is 44.2 Å². The lowest BCUT2D eigenvalue weighted by Gasteiger charge is -2.23. The zero-order valence-corrected chi connectivity index (χ0v) is 17.1. The van der Waals surface area contributed by atoms with Gasteiger partial charge in [0, 0.05) is 25.7 Å². The van der Waals surface area contributed by atoms with Crippen molar-refractivity contribution in [2.45, 2.75) is 43.9 Å². The Morgan fingerprint density at radius 3 is 2.39 bits per heavy atom. The fraction of sp³-hybridized carbons (Fsp3) is 0.500. The van der Waals surface area contributed by atoms with Gasteiger partial charge in [0.25, 0.3) is 0 Å². The van der Waals surface area contributed by atoms with Crippen LogP contribution in [0.1, 0.15) is 39.0 Å². The topological polar surface area (TPSA) is 95.6 Å². The summed E-state index contributed by atoms with van der Waals surface area (Å²) < 4.78 is 26.9. The van der Waals surface area contributed by atoms with E-state index in [2.05, 4.69) is 17.2 Å². The molecule has 2 amide bonds. The first-order valence-electron chi connectivity index (χ1n) is 9.58. The van der Waals surface area contributed by atoms with Crippen molar-refractivity contribution in [1.82, 2.24) is 9.62 Å². The van der Waals surface area contributed by atoms with Gasteiger partial charge >= 0.3 is 0 Å². The Bertz CT molecular complexity index is 784. The molecule has 1 fully saturated rings. The number of benzene rings is 1. The van der Waals surface area contributed by atoms with Gasteiger partial charge in [0.1, 0.15) is 0 Å². The maximum atomic E-state index is 12.9. The van der Waals surface area contributed by atoms with Crippen LogP contribution in [-0.2, 0) is 19.6 Å². The van der Waals surface area contributed by atoms with Crippen molar-refractivity contribution in [3.8, 4) is 0 Å². The largest absolute Gasteiger partial charge is 0.355 e. The third kappa shape index (κ3) is 6.45. The first-order valence-corrected chi connectivity index (χ1v) is 11.0. The summed E-state index contributed by atoms with van der Waals surface area (Å²) in [7, 11) is -3.86. The highest BCUT2D eigenvalue weighted by atomic mass is 32.2. The molecule has 1 aromatic carbocycles. The standard InChI is InChI=1S/C20H29N3O4S/c1-3-13-23(15-20(25)21-14-17-7-5-4-6-8-17)28(26,27)19-11-9-18(10-12-19)22-16(2)24/h3,9-12,17H,1,4-8,13-15H2,2H3,(H,21,25)(H,22,24). The summed E-state index contributed by atoms with van der Waals surface area (Å²) in [6.07, 6.45) is 7.29. The number of anilines is 1. The molecule has 0 aliphatic heterocycles. The van der Waals surface area contributed by atoms with E-state index in [1.807, 2.05) is 0 Å². The number of carbonyl (C=O) groups excluding carboxylic acids is 2. The Labute approximate surface area is 167 Å². The first kappa shape index (κ1) is 22.1. The SMILES string of the molecule is C=CCN(CC(=O)NCC1CCCCC1)S(=O)(=O)c1ccc(NC(C)=O)cc1. The van der Waals surface area contributed by atoms with Gasteiger partial charge in [-0.25, -0.2) is 8.42 Å². The van der Waals surface area contributed by atoms with Gasteiger partial charge in [0.05, 0.1) is 11.4 Å². The molecule has 0 unspecified atom stereocenters. The second kappa shape index (κ2) is 10.4. The second-order valence-electron chi connectivity index (χ2n) is 7.10. The highest BCUT2D eigenvalue weighted by Gasteiger charge is 2.26. The molecule has 0 atom stereocenters. The second-order valence-corrected chi connectivity index (χ2v) is 9.04. The number of nitrogens with zero attached hydrogens (tertiary/aromatic N) is 1. The molecule has 0 heterocycles. The maximum absolute atomic E-state index is 12.9. The molecule has 1 aliphatic carbocycles. The Morgan fingerprint density at radius 1 is 1.18 bits per heavy atom. The van der Waals surface area contributed by atoms with Crippen LogP contribution >= 0.6 is 0 Å². The molecule has 1 aliphatic rings. The number of hydrogen-bond acceptors (Lipinski definition) is 4. The van der Waals surface area contributed by atoms with Gasteiger partial charge in [-0.15, -0.1) is 6.58 Å². The van der Waals surface area contributed by atoms with E-state index in [-0.39, 0.29) is 29.8 Å². The van der Waals surface area contributed by atoms with Crippen molar-refractivity contribution < 1.29 is 18.0 Å². The molecule has 0 radical (unpaired) electrons. The highest BCUT2D eigenvalue weighted by Crippen LogP contribution is 2.23. The molecule has 0 spiro atoms. The molecule has 154 valence electrons. The predicted octanol–water partition coefficient (Wildman–Crippen LogP) is 2.52. The van der Waals surface area contributed by atoms with Gasteiger partial charge in [-0.3, -0.25) is 9.59 Å². The Hall–Kier alpha value is -2.19. The van der Waals surface area contributed by atoms with Crippen molar-refractivity contribution in [2.24, 2.45) is 5.92 Å². The number of amides is 2. The van der Waals surface area contributed by atoms with E-state index in [1.54, 1.807) is 0 Å². The van der Waals surface area contributed by atoms with Crippen LogP contribution < -0.4 is 10.6 Å². The molecule has 28 heavy (non-hydrogen) atoms. The smallest absolute Gasteiger partial charge is 0.243 e. The Balaban J connectivity index is 2.02. The van der Waals surface area contributed by atoms with Gasteiger partial charge in [-0.05, 0) is 43.0 Å². The number of sulfonamides is 1. The monoisotopic (exact) mass is 407 g/mol. The summed E-state index contributed by atoms with van der Waals surface area (Å²) in [5.74, 6) is -0.0760. The quantitative estimate of drug-likeness (QED) is 0.615. The van der Waals surface area contributed by atoms with E-state index in [0.29, 0.717) is 18.2 Å². The molecular formula is C20H29N3O4S. The fourth-order valence-electron chi connectivity index (χ4n) is 3.32. The average Bonchev–Trinajstić information content (AvgIpc) is 2.67. The van der Waals surface area contributed by atoms with Crippen LogP contribution in [0.15, 0.2) is 41.8 Å². The molecular weight excluding hydrogens is 378 g/mol. The average molecular weight is 408 g/mol. The van der Waals surface area contributed by atoms with Gasteiger partial charge in [0.15, 0.2) is 0 Å². The summed E-state index contributed by atoms with van der Waals surface area (Å²) in [6, 6.07) is 5.86. The number of hydrogen-bond donors (Lipinski definition) is 2. The molecule has 1 saturated carbocycles. The van der Waals surface area contributed by atoms with E-state index in [1.165, 1.54) is 56.5 Å². The molecule has 8 heteroatoms. The fourth-order valence-corrected chi connectivity index (χ4v) is 4.69. The van der Waals surface area contributed by atoms with Crippen LogP contribution in [0, 0.1) is 5.92 Å². The normalized spacial score (nSPS) is 15.2. The van der Waals surface area contributed by atoms with Crippen molar-refractivity contribution in [1.29, 1.82) is 0 Å². The molecule has 1 aromatic rings. The summed E-state index contributed by atoms with van der Waals surface area (Å²) in [5.41, 5.74) is 0.506. The zero-order valence-electron chi connectivity index (χ0n) is 16.3. The molecule has 2 N–H and O–H groups in total. The maximum Gasteiger partial charge on any atom is 0.243 e. The molecule has 7 nitrogen and oxygen atoms in total. The number of carbonyl (C=O) groups is 2. The predicted molar refractivity (Wildman–Crippen MR) is 109 cm³/mol. The third-order valence-corrected chi connectivity index (χ3v) is 6.60. The highest BCUT2D eigenvalue weighted by molar-refractivity contribution is 7.89. The zero-order chi connectivity index (χ0) is 20.6. The van der Waals surface area contributed by atoms with Crippen molar-refractivity contribution in [3.05, 3.63) is 36.9 Å². The Morgan fingerprint density at radius 2 is 1.82 bits per heavy atom. The lowest BCUT2D eigenvalue weighted by atomic mass is 9.89. The minimum Gasteiger partial charge on any atom is -0.355 e. The minimum absolute atomic E-state index is 0.0344. The van der Waals surface area contributed by atoms with Gasteiger partial charge in [-0.1, -0.05) is 25.3 Å². The van der Waals surface area contributed by atoms with E-state index in [9.17, 15) is 18.0 Å². The van der Waals surface area contributed by atoms with E-state index >= 15 is 0 Å². The van der Waals surface area contributed by atoms with Crippen LogP contribution in [0.4, 0.5) is 5.69 Å². The van der Waals surface area contributed by atoms with Gasteiger partial charge < -0.3 is 10.6 Å². The van der Waals surface area contributed by atoms with Crippen LogP contribution in [0.2, 0.25) is 0 Å². The van der Waals surface area contributed by atoms with Crippen molar-refractivity contribution in [2.75, 3.05) is 25.0 Å². The van der Waals surface area contributed by atoms with E-state index < -0.39 is 10.0 Å². The molecule has 0 bridgehead atoms.